The number of aromatic carboxylic acids is 1. The molecule has 3 rings (SSSR count). The van der Waals surface area contributed by atoms with Gasteiger partial charge in [-0.15, -0.1) is 0 Å². The standard InChI is InChI=1S/C23H22N4O9S/c1-34-19-12-21(36-3)20(35-2)10-14(19)13-24-25-18-9-8-15(27(30)31)11-22(18)37(32,33)26-17-7-5-4-6-16(17)23(28)29/h4-13,25-26H,1-3H3,(H,28,29)/b24-13-. The number of nitrogens with zero attached hydrogens (tertiary/aromatic N) is 2. The van der Waals surface area contributed by atoms with E-state index in [9.17, 15) is 28.4 Å². The van der Waals surface area contributed by atoms with Crippen molar-refractivity contribution < 1.29 is 37.5 Å². The van der Waals surface area contributed by atoms with E-state index < -0.39 is 31.5 Å². The van der Waals surface area contributed by atoms with Gasteiger partial charge in [-0.2, -0.15) is 5.10 Å². The van der Waals surface area contributed by atoms with Crippen molar-refractivity contribution in [1.82, 2.24) is 0 Å². The van der Waals surface area contributed by atoms with E-state index >= 15 is 0 Å². The Morgan fingerprint density at radius 1 is 0.973 bits per heavy atom. The lowest BCUT2D eigenvalue weighted by Gasteiger charge is -2.14. The lowest BCUT2D eigenvalue weighted by atomic mass is 10.2. The second-order valence-electron chi connectivity index (χ2n) is 7.21. The molecule has 37 heavy (non-hydrogen) atoms. The summed E-state index contributed by atoms with van der Waals surface area (Å²) in [5.74, 6) is -0.165. The Balaban J connectivity index is 2.01. The number of hydrogen-bond donors (Lipinski definition) is 3. The Hall–Kier alpha value is -4.85. The van der Waals surface area contributed by atoms with Crippen LogP contribution in [0.5, 0.6) is 17.2 Å². The predicted molar refractivity (Wildman–Crippen MR) is 135 cm³/mol. The maximum Gasteiger partial charge on any atom is 0.337 e. The average Bonchev–Trinajstić information content (AvgIpc) is 2.88. The van der Waals surface area contributed by atoms with Gasteiger partial charge in [0.05, 0.1) is 49.4 Å². The van der Waals surface area contributed by atoms with Crippen molar-refractivity contribution in [3.8, 4) is 17.2 Å². The molecule has 14 heteroatoms. The van der Waals surface area contributed by atoms with Crippen LogP contribution in [-0.2, 0) is 10.0 Å². The number of carboxylic acid groups (broad SMARTS) is 1. The summed E-state index contributed by atoms with van der Waals surface area (Å²) in [6.07, 6.45) is 1.33. The van der Waals surface area contributed by atoms with E-state index in [0.29, 0.717) is 22.8 Å². The van der Waals surface area contributed by atoms with Crippen LogP contribution in [0, 0.1) is 10.1 Å². The van der Waals surface area contributed by atoms with Gasteiger partial charge >= 0.3 is 5.97 Å². The molecule has 0 fully saturated rings. The molecule has 0 saturated heterocycles. The Labute approximate surface area is 211 Å². The van der Waals surface area contributed by atoms with Crippen molar-refractivity contribution in [2.75, 3.05) is 31.5 Å². The molecule has 0 bridgehead atoms. The molecular weight excluding hydrogens is 508 g/mol. The predicted octanol–water partition coefficient (Wildman–Crippen LogP) is 3.57. The molecule has 0 aliphatic carbocycles. The van der Waals surface area contributed by atoms with Crippen molar-refractivity contribution in [2.45, 2.75) is 4.90 Å². The van der Waals surface area contributed by atoms with E-state index in [-0.39, 0.29) is 16.9 Å². The van der Waals surface area contributed by atoms with Crippen LogP contribution in [0.15, 0.2) is 64.6 Å². The summed E-state index contributed by atoms with van der Waals surface area (Å²) in [6.45, 7) is 0. The maximum absolute atomic E-state index is 13.2. The Morgan fingerprint density at radius 3 is 2.24 bits per heavy atom. The number of nitrogens with one attached hydrogen (secondary N) is 2. The van der Waals surface area contributed by atoms with E-state index in [1.807, 2.05) is 0 Å². The highest BCUT2D eigenvalue weighted by molar-refractivity contribution is 7.93. The number of methoxy groups -OCH3 is 3. The molecule has 0 radical (unpaired) electrons. The van der Waals surface area contributed by atoms with Crippen LogP contribution in [0.2, 0.25) is 0 Å². The fraction of sp³-hybridized carbons (Fsp3) is 0.130. The van der Waals surface area contributed by atoms with Crippen LogP contribution in [0.4, 0.5) is 17.1 Å². The van der Waals surface area contributed by atoms with Crippen molar-refractivity contribution in [1.29, 1.82) is 0 Å². The fourth-order valence-corrected chi connectivity index (χ4v) is 4.48. The van der Waals surface area contributed by atoms with Gasteiger partial charge in [0.1, 0.15) is 10.6 Å². The van der Waals surface area contributed by atoms with Gasteiger partial charge in [-0.1, -0.05) is 12.1 Å². The number of sulfonamides is 1. The third-order valence-electron chi connectivity index (χ3n) is 4.99. The quantitative estimate of drug-likeness (QED) is 0.188. The van der Waals surface area contributed by atoms with Gasteiger partial charge in [0.2, 0.25) is 0 Å². The number of non-ortho nitro benzene ring substituents is 1. The number of para-hydroxylation sites is 1. The fourth-order valence-electron chi connectivity index (χ4n) is 3.22. The molecule has 0 spiro atoms. The molecule has 0 atom stereocenters. The number of anilines is 2. The molecular formula is C23H22N4O9S. The molecule has 0 heterocycles. The third kappa shape index (κ3) is 6.05. The number of carboxylic acids is 1. The number of nitro benzene ring substituents is 1. The number of nitro groups is 1. The highest BCUT2D eigenvalue weighted by Crippen LogP contribution is 2.34. The summed E-state index contributed by atoms with van der Waals surface area (Å²) >= 11 is 0. The Morgan fingerprint density at radius 2 is 1.62 bits per heavy atom. The highest BCUT2D eigenvalue weighted by Gasteiger charge is 2.24. The first-order valence-electron chi connectivity index (χ1n) is 10.3. The van der Waals surface area contributed by atoms with Crippen molar-refractivity contribution in [3.63, 3.8) is 0 Å². The van der Waals surface area contributed by atoms with Gasteiger partial charge in [-0.3, -0.25) is 20.3 Å². The summed E-state index contributed by atoms with van der Waals surface area (Å²) in [6, 6.07) is 11.6. The number of hydrogen-bond acceptors (Lipinski definition) is 10. The van der Waals surface area contributed by atoms with E-state index in [4.69, 9.17) is 14.2 Å². The van der Waals surface area contributed by atoms with Crippen LogP contribution in [-0.4, -0.2) is 52.0 Å². The zero-order valence-electron chi connectivity index (χ0n) is 19.8. The molecule has 0 aliphatic heterocycles. The van der Waals surface area contributed by atoms with E-state index in [1.54, 1.807) is 12.1 Å². The molecule has 0 aromatic heterocycles. The minimum Gasteiger partial charge on any atom is -0.496 e. The van der Waals surface area contributed by atoms with Gasteiger partial charge in [-0.05, 0) is 24.3 Å². The monoisotopic (exact) mass is 530 g/mol. The topological polar surface area (TPSA) is 179 Å². The number of benzene rings is 3. The lowest BCUT2D eigenvalue weighted by Crippen LogP contribution is -2.17. The third-order valence-corrected chi connectivity index (χ3v) is 6.40. The highest BCUT2D eigenvalue weighted by atomic mass is 32.2. The molecule has 0 unspecified atom stereocenters. The SMILES string of the molecule is COc1cc(OC)c(OC)cc1/C=N\Nc1ccc([N+](=O)[O-])cc1S(=O)(=O)Nc1ccccc1C(=O)O. The van der Waals surface area contributed by atoms with Gasteiger partial charge in [-0.25, -0.2) is 13.2 Å². The summed E-state index contributed by atoms with van der Waals surface area (Å²) in [5.41, 5.74) is 1.88. The summed E-state index contributed by atoms with van der Waals surface area (Å²) in [5, 5.41) is 24.7. The molecule has 194 valence electrons. The minimum atomic E-state index is -4.50. The van der Waals surface area contributed by atoms with Crippen molar-refractivity contribution >= 4 is 39.3 Å². The van der Waals surface area contributed by atoms with Gasteiger partial charge in [0.15, 0.2) is 11.5 Å². The van der Waals surface area contributed by atoms with E-state index in [0.717, 1.165) is 12.1 Å². The Kier molecular flexibility index (Phi) is 8.14. The first kappa shape index (κ1) is 26.7. The summed E-state index contributed by atoms with van der Waals surface area (Å²) < 4.78 is 44.4. The molecule has 0 amide bonds. The normalized spacial score (nSPS) is 11.1. The second-order valence-corrected chi connectivity index (χ2v) is 8.86. The first-order chi connectivity index (χ1) is 17.6. The number of ether oxygens (including phenoxy) is 3. The van der Waals surface area contributed by atoms with Gasteiger partial charge in [0, 0.05) is 23.8 Å². The summed E-state index contributed by atoms with van der Waals surface area (Å²) in [7, 11) is -0.145. The van der Waals surface area contributed by atoms with E-state index in [1.165, 1.54) is 57.9 Å². The Bertz CT molecular complexity index is 1470. The molecule has 0 saturated carbocycles. The lowest BCUT2D eigenvalue weighted by molar-refractivity contribution is -0.385. The molecule has 3 aromatic carbocycles. The van der Waals surface area contributed by atoms with Crippen LogP contribution in [0.25, 0.3) is 0 Å². The van der Waals surface area contributed by atoms with Crippen LogP contribution >= 0.6 is 0 Å². The van der Waals surface area contributed by atoms with Crippen LogP contribution < -0.4 is 24.4 Å². The van der Waals surface area contributed by atoms with Crippen LogP contribution in [0.3, 0.4) is 0 Å². The first-order valence-corrected chi connectivity index (χ1v) is 11.8. The number of carbonyl (C=O) groups is 1. The largest absolute Gasteiger partial charge is 0.496 e. The summed E-state index contributed by atoms with van der Waals surface area (Å²) in [4.78, 5) is 21.5. The molecule has 3 aromatic rings. The number of rotatable bonds is 11. The van der Waals surface area contributed by atoms with Gasteiger partial charge in [0.25, 0.3) is 15.7 Å². The number of hydrazone groups is 1. The molecule has 3 N–H and O–H groups in total. The molecule has 0 aliphatic rings. The second kappa shape index (κ2) is 11.3. The van der Waals surface area contributed by atoms with Crippen molar-refractivity contribution in [3.05, 3.63) is 75.8 Å². The van der Waals surface area contributed by atoms with Crippen LogP contribution in [0.1, 0.15) is 15.9 Å². The zero-order valence-corrected chi connectivity index (χ0v) is 20.6. The maximum atomic E-state index is 13.2. The molecule has 13 nitrogen and oxygen atoms in total. The van der Waals surface area contributed by atoms with Gasteiger partial charge < -0.3 is 19.3 Å². The zero-order chi connectivity index (χ0) is 27.2. The smallest absolute Gasteiger partial charge is 0.337 e. The van der Waals surface area contributed by atoms with Crippen molar-refractivity contribution in [2.24, 2.45) is 5.10 Å². The average molecular weight is 531 g/mol. The minimum absolute atomic E-state index is 0.110. The van der Waals surface area contributed by atoms with E-state index in [2.05, 4.69) is 15.2 Å².